The highest BCUT2D eigenvalue weighted by atomic mass is 16.5. The summed E-state index contributed by atoms with van der Waals surface area (Å²) < 4.78 is 7.18. The number of hydrogen-bond acceptors (Lipinski definition) is 4. The average Bonchev–Trinajstić information content (AvgIpc) is 3.23. The van der Waals surface area contributed by atoms with Crippen molar-refractivity contribution in [3.05, 3.63) is 47.8 Å². The van der Waals surface area contributed by atoms with Gasteiger partial charge in [-0.25, -0.2) is 4.68 Å². The van der Waals surface area contributed by atoms with E-state index in [9.17, 15) is 9.59 Å². The Balaban J connectivity index is 1.42. The Bertz CT molecular complexity index is 850. The Kier molecular flexibility index (Phi) is 5.94. The lowest BCUT2D eigenvalue weighted by atomic mass is 9.94. The molecule has 2 fully saturated rings. The topological polar surface area (TPSA) is 67.7 Å². The van der Waals surface area contributed by atoms with Crippen LogP contribution in [-0.2, 0) is 16.0 Å². The van der Waals surface area contributed by atoms with Crippen LogP contribution < -0.4 is 0 Å². The highest BCUT2D eigenvalue weighted by Gasteiger charge is 2.32. The van der Waals surface area contributed by atoms with E-state index in [0.29, 0.717) is 45.0 Å². The summed E-state index contributed by atoms with van der Waals surface area (Å²) in [6.07, 6.45) is 3.84. The lowest BCUT2D eigenvalue weighted by Crippen LogP contribution is -2.47. The van der Waals surface area contributed by atoms with E-state index in [1.165, 1.54) is 0 Å². The number of carbonyl (C=O) groups is 2. The van der Waals surface area contributed by atoms with Gasteiger partial charge in [0.2, 0.25) is 5.91 Å². The Hall–Kier alpha value is -2.67. The number of morpholine rings is 1. The van der Waals surface area contributed by atoms with Crippen LogP contribution in [0, 0.1) is 5.92 Å². The summed E-state index contributed by atoms with van der Waals surface area (Å²) >= 11 is 0. The molecule has 2 aliphatic rings. The number of piperidine rings is 1. The summed E-state index contributed by atoms with van der Waals surface area (Å²) in [5.74, 6) is 0.239. The monoisotopic (exact) mass is 396 g/mol. The molecular weight excluding hydrogens is 368 g/mol. The van der Waals surface area contributed by atoms with Gasteiger partial charge in [0.25, 0.3) is 5.91 Å². The molecule has 2 aliphatic heterocycles. The van der Waals surface area contributed by atoms with Crippen molar-refractivity contribution in [2.24, 2.45) is 5.92 Å². The summed E-state index contributed by atoms with van der Waals surface area (Å²) in [4.78, 5) is 29.7. The quantitative estimate of drug-likeness (QED) is 0.794. The third-order valence-electron chi connectivity index (χ3n) is 5.89. The summed E-state index contributed by atoms with van der Waals surface area (Å²) in [7, 11) is 0. The lowest BCUT2D eigenvalue weighted by molar-refractivity contribution is -0.141. The molecule has 2 saturated heterocycles. The number of aromatic nitrogens is 2. The van der Waals surface area contributed by atoms with Crippen LogP contribution in [-0.4, -0.2) is 70.8 Å². The van der Waals surface area contributed by atoms with Gasteiger partial charge in [-0.3, -0.25) is 9.59 Å². The second kappa shape index (κ2) is 8.78. The minimum Gasteiger partial charge on any atom is -0.378 e. The molecule has 0 unspecified atom stereocenters. The van der Waals surface area contributed by atoms with E-state index < -0.39 is 0 Å². The second-order valence-corrected chi connectivity index (χ2v) is 7.61. The predicted molar refractivity (Wildman–Crippen MR) is 109 cm³/mol. The lowest BCUT2D eigenvalue weighted by Gasteiger charge is -2.35. The van der Waals surface area contributed by atoms with Crippen LogP contribution in [0.1, 0.15) is 35.8 Å². The van der Waals surface area contributed by atoms with Gasteiger partial charge in [-0.05, 0) is 31.4 Å². The van der Waals surface area contributed by atoms with Crippen LogP contribution in [0.5, 0.6) is 0 Å². The molecule has 154 valence electrons. The van der Waals surface area contributed by atoms with Crippen LogP contribution in [0.2, 0.25) is 0 Å². The Morgan fingerprint density at radius 1 is 1.03 bits per heavy atom. The van der Waals surface area contributed by atoms with Gasteiger partial charge in [0.05, 0.1) is 36.4 Å². The highest BCUT2D eigenvalue weighted by Crippen LogP contribution is 2.24. The van der Waals surface area contributed by atoms with Gasteiger partial charge in [0, 0.05) is 32.1 Å². The van der Waals surface area contributed by atoms with Crippen LogP contribution in [0.4, 0.5) is 0 Å². The van der Waals surface area contributed by atoms with Crippen molar-refractivity contribution in [3.63, 3.8) is 0 Å². The van der Waals surface area contributed by atoms with Gasteiger partial charge in [0.1, 0.15) is 0 Å². The maximum atomic E-state index is 13.2. The molecule has 0 bridgehead atoms. The largest absolute Gasteiger partial charge is 0.378 e. The number of ether oxygens (including phenoxy) is 1. The number of carbonyl (C=O) groups excluding carboxylic acids is 2. The molecule has 0 spiro atoms. The van der Waals surface area contributed by atoms with Gasteiger partial charge < -0.3 is 14.5 Å². The molecule has 0 saturated carbocycles. The first-order valence-corrected chi connectivity index (χ1v) is 10.5. The molecule has 4 rings (SSSR count). The van der Waals surface area contributed by atoms with Crippen molar-refractivity contribution in [2.45, 2.75) is 26.2 Å². The van der Waals surface area contributed by atoms with Gasteiger partial charge in [0.15, 0.2) is 0 Å². The predicted octanol–water partition coefficient (Wildman–Crippen LogP) is 2.15. The number of para-hydroxylation sites is 1. The molecule has 0 aliphatic carbocycles. The Morgan fingerprint density at radius 3 is 2.38 bits per heavy atom. The fourth-order valence-electron chi connectivity index (χ4n) is 4.23. The molecule has 1 aromatic carbocycles. The number of hydrogen-bond donors (Lipinski definition) is 0. The SMILES string of the molecule is CCc1c(C(=O)N2CCC(C(=O)N3CCOCC3)CC2)cnn1-c1ccccc1. The van der Waals surface area contributed by atoms with E-state index in [4.69, 9.17) is 4.74 Å². The summed E-state index contributed by atoms with van der Waals surface area (Å²) in [6.45, 7) is 5.86. The molecule has 1 aromatic heterocycles. The van der Waals surface area contributed by atoms with Gasteiger partial charge in [-0.2, -0.15) is 5.10 Å². The third kappa shape index (κ3) is 4.05. The highest BCUT2D eigenvalue weighted by molar-refractivity contribution is 5.95. The number of rotatable bonds is 4. The second-order valence-electron chi connectivity index (χ2n) is 7.61. The van der Waals surface area contributed by atoms with E-state index in [-0.39, 0.29) is 17.7 Å². The number of benzene rings is 1. The molecule has 0 N–H and O–H groups in total. The number of nitrogens with zero attached hydrogens (tertiary/aromatic N) is 4. The van der Waals surface area contributed by atoms with E-state index in [0.717, 1.165) is 30.6 Å². The van der Waals surface area contributed by atoms with Crippen molar-refractivity contribution in [1.82, 2.24) is 19.6 Å². The summed E-state index contributed by atoms with van der Waals surface area (Å²) in [5, 5.41) is 4.47. The van der Waals surface area contributed by atoms with Gasteiger partial charge in [-0.15, -0.1) is 0 Å². The number of amides is 2. The van der Waals surface area contributed by atoms with Gasteiger partial charge in [-0.1, -0.05) is 25.1 Å². The molecule has 2 amide bonds. The first-order chi connectivity index (χ1) is 14.2. The molecule has 2 aromatic rings. The molecular formula is C22H28N4O3. The minimum absolute atomic E-state index is 0.00911. The molecule has 29 heavy (non-hydrogen) atoms. The molecule has 7 heteroatoms. The first kappa shape index (κ1) is 19.6. The summed E-state index contributed by atoms with van der Waals surface area (Å²) in [5.41, 5.74) is 2.54. The van der Waals surface area contributed by atoms with Crippen molar-refractivity contribution in [1.29, 1.82) is 0 Å². The smallest absolute Gasteiger partial charge is 0.257 e. The summed E-state index contributed by atoms with van der Waals surface area (Å²) in [6, 6.07) is 9.88. The molecule has 7 nitrogen and oxygen atoms in total. The minimum atomic E-state index is 0.00911. The zero-order chi connectivity index (χ0) is 20.2. The van der Waals surface area contributed by atoms with Crippen molar-refractivity contribution in [3.8, 4) is 5.69 Å². The van der Waals surface area contributed by atoms with Gasteiger partial charge >= 0.3 is 0 Å². The average molecular weight is 396 g/mol. The molecule has 0 radical (unpaired) electrons. The first-order valence-electron chi connectivity index (χ1n) is 10.5. The van der Waals surface area contributed by atoms with E-state index >= 15 is 0 Å². The van der Waals surface area contributed by atoms with Crippen LogP contribution in [0.3, 0.4) is 0 Å². The maximum absolute atomic E-state index is 13.2. The molecule has 0 atom stereocenters. The maximum Gasteiger partial charge on any atom is 0.257 e. The van der Waals surface area contributed by atoms with Crippen LogP contribution in [0.15, 0.2) is 36.5 Å². The Morgan fingerprint density at radius 2 is 1.72 bits per heavy atom. The zero-order valence-electron chi connectivity index (χ0n) is 16.9. The van der Waals surface area contributed by atoms with E-state index in [1.807, 2.05) is 51.7 Å². The zero-order valence-corrected chi connectivity index (χ0v) is 16.9. The van der Waals surface area contributed by atoms with E-state index in [1.54, 1.807) is 6.20 Å². The van der Waals surface area contributed by atoms with Crippen molar-refractivity contribution in [2.75, 3.05) is 39.4 Å². The van der Waals surface area contributed by atoms with Crippen LogP contribution >= 0.6 is 0 Å². The third-order valence-corrected chi connectivity index (χ3v) is 5.89. The normalized spacial score (nSPS) is 18.1. The number of likely N-dealkylation sites (tertiary alicyclic amines) is 1. The van der Waals surface area contributed by atoms with E-state index in [2.05, 4.69) is 5.10 Å². The standard InChI is InChI=1S/C22H28N4O3/c1-2-20-19(16-23-26(20)18-6-4-3-5-7-18)22(28)24-10-8-17(9-11-24)21(27)25-12-14-29-15-13-25/h3-7,16-17H,2,8-15H2,1H3. The fourth-order valence-corrected chi connectivity index (χ4v) is 4.23. The Labute approximate surface area is 171 Å². The fraction of sp³-hybridized carbons (Fsp3) is 0.500. The van der Waals surface area contributed by atoms with Crippen molar-refractivity contribution < 1.29 is 14.3 Å². The molecule has 3 heterocycles. The van der Waals surface area contributed by atoms with Crippen molar-refractivity contribution >= 4 is 11.8 Å². The van der Waals surface area contributed by atoms with Crippen LogP contribution in [0.25, 0.3) is 5.69 Å².